The fourth-order valence-electron chi connectivity index (χ4n) is 3.68. The van der Waals surface area contributed by atoms with Crippen molar-refractivity contribution in [1.82, 2.24) is 0 Å². The molecule has 4 nitrogen and oxygen atoms in total. The molecule has 5 atom stereocenters. The van der Waals surface area contributed by atoms with Gasteiger partial charge in [-0.15, -0.1) is 0 Å². The molecule has 0 unspecified atom stereocenters. The fraction of sp³-hybridized carbons (Fsp3) is 1.00. The van der Waals surface area contributed by atoms with Gasteiger partial charge in [0.25, 0.3) is 0 Å². The van der Waals surface area contributed by atoms with Crippen molar-refractivity contribution in [2.45, 2.75) is 57.0 Å². The number of methoxy groups -OCH3 is 3. The van der Waals surface area contributed by atoms with Gasteiger partial charge in [0.05, 0.1) is 18.8 Å². The van der Waals surface area contributed by atoms with Crippen LogP contribution >= 0.6 is 0 Å². The van der Waals surface area contributed by atoms with Gasteiger partial charge in [-0.25, -0.2) is 0 Å². The zero-order valence-corrected chi connectivity index (χ0v) is 12.5. The summed E-state index contributed by atoms with van der Waals surface area (Å²) in [5, 5.41) is 0. The van der Waals surface area contributed by atoms with Crippen LogP contribution in [-0.4, -0.2) is 46.4 Å². The van der Waals surface area contributed by atoms with Crippen molar-refractivity contribution in [3.8, 4) is 0 Å². The van der Waals surface area contributed by atoms with E-state index in [-0.39, 0.29) is 24.4 Å². The standard InChI is InChI=1S/C15H28O4/c1-16-10-11-12-8-6-4-5-7-9-13(17-2)14(11)15(18-3)19-12/h11-15H,4-10H2,1-3H3/t11-,12+,13+,14+,15+/m1/s1. The molecule has 2 rings (SSSR count). The number of fused-ring (bicyclic) bond motifs is 2. The minimum atomic E-state index is -0.145. The van der Waals surface area contributed by atoms with E-state index in [0.717, 1.165) is 19.4 Å². The largest absolute Gasteiger partial charge is 0.384 e. The van der Waals surface area contributed by atoms with Gasteiger partial charge in [-0.3, -0.25) is 0 Å². The summed E-state index contributed by atoms with van der Waals surface area (Å²) in [7, 11) is 5.30. The molecule has 1 aliphatic carbocycles. The van der Waals surface area contributed by atoms with Crippen LogP contribution in [0.4, 0.5) is 0 Å². The van der Waals surface area contributed by atoms with E-state index in [1.807, 2.05) is 0 Å². The van der Waals surface area contributed by atoms with E-state index in [0.29, 0.717) is 5.92 Å². The van der Waals surface area contributed by atoms with Crippen LogP contribution in [0.2, 0.25) is 0 Å². The van der Waals surface area contributed by atoms with E-state index in [4.69, 9.17) is 18.9 Å². The third kappa shape index (κ3) is 3.48. The molecule has 1 saturated carbocycles. The van der Waals surface area contributed by atoms with Crippen LogP contribution in [-0.2, 0) is 18.9 Å². The second-order valence-corrected chi connectivity index (χ2v) is 5.74. The van der Waals surface area contributed by atoms with Crippen LogP contribution in [0.5, 0.6) is 0 Å². The maximum atomic E-state index is 6.12. The summed E-state index contributed by atoms with van der Waals surface area (Å²) in [5.74, 6) is 0.677. The van der Waals surface area contributed by atoms with Crippen molar-refractivity contribution >= 4 is 0 Å². The Hall–Kier alpha value is -0.160. The summed E-state index contributed by atoms with van der Waals surface area (Å²) in [6.07, 6.45) is 7.59. The number of hydrogen-bond acceptors (Lipinski definition) is 4. The molecule has 0 amide bonds. The maximum Gasteiger partial charge on any atom is 0.163 e. The lowest BCUT2D eigenvalue weighted by Crippen LogP contribution is -2.37. The molecule has 0 aromatic rings. The van der Waals surface area contributed by atoms with Crippen molar-refractivity contribution in [3.63, 3.8) is 0 Å². The first kappa shape index (κ1) is 15.2. The molecular formula is C15H28O4. The predicted molar refractivity (Wildman–Crippen MR) is 73.0 cm³/mol. The van der Waals surface area contributed by atoms with E-state index in [1.165, 1.54) is 25.7 Å². The Morgan fingerprint density at radius 3 is 2.32 bits per heavy atom. The highest BCUT2D eigenvalue weighted by Crippen LogP contribution is 2.40. The van der Waals surface area contributed by atoms with Crippen LogP contribution in [0.3, 0.4) is 0 Å². The second kappa shape index (κ2) is 7.58. The Bertz CT molecular complexity index is 259. The van der Waals surface area contributed by atoms with Gasteiger partial charge >= 0.3 is 0 Å². The third-order valence-electron chi connectivity index (χ3n) is 4.65. The Kier molecular flexibility index (Phi) is 6.07. The molecular weight excluding hydrogens is 244 g/mol. The summed E-state index contributed by atoms with van der Waals surface area (Å²) >= 11 is 0. The lowest BCUT2D eigenvalue weighted by atomic mass is 9.81. The Morgan fingerprint density at radius 1 is 0.947 bits per heavy atom. The van der Waals surface area contributed by atoms with E-state index in [1.54, 1.807) is 21.3 Å². The number of ether oxygens (including phenoxy) is 4. The van der Waals surface area contributed by atoms with E-state index in [9.17, 15) is 0 Å². The number of rotatable bonds is 4. The summed E-state index contributed by atoms with van der Waals surface area (Å²) < 4.78 is 22.9. The summed E-state index contributed by atoms with van der Waals surface area (Å²) in [6, 6.07) is 0. The lowest BCUT2D eigenvalue weighted by Gasteiger charge is -2.30. The predicted octanol–water partition coefficient (Wildman–Crippen LogP) is 2.61. The fourth-order valence-corrected chi connectivity index (χ4v) is 3.68. The van der Waals surface area contributed by atoms with Gasteiger partial charge in [0.1, 0.15) is 0 Å². The molecule has 0 N–H and O–H groups in total. The average Bonchev–Trinajstić information content (AvgIpc) is 2.75. The van der Waals surface area contributed by atoms with Crippen molar-refractivity contribution in [1.29, 1.82) is 0 Å². The Balaban J connectivity index is 2.17. The molecule has 1 saturated heterocycles. The molecule has 2 aliphatic rings. The van der Waals surface area contributed by atoms with E-state index >= 15 is 0 Å². The van der Waals surface area contributed by atoms with Crippen LogP contribution in [0.1, 0.15) is 38.5 Å². The quantitative estimate of drug-likeness (QED) is 0.788. The van der Waals surface area contributed by atoms with Gasteiger partial charge in [0.15, 0.2) is 6.29 Å². The average molecular weight is 272 g/mol. The van der Waals surface area contributed by atoms with Crippen LogP contribution in [0, 0.1) is 11.8 Å². The first-order valence-electron chi connectivity index (χ1n) is 7.51. The molecule has 2 fully saturated rings. The molecule has 0 spiro atoms. The second-order valence-electron chi connectivity index (χ2n) is 5.74. The van der Waals surface area contributed by atoms with Gasteiger partial charge in [0.2, 0.25) is 0 Å². The molecule has 1 aliphatic heterocycles. The first-order valence-corrected chi connectivity index (χ1v) is 7.51. The monoisotopic (exact) mass is 272 g/mol. The molecule has 19 heavy (non-hydrogen) atoms. The summed E-state index contributed by atoms with van der Waals surface area (Å²) in [5.41, 5.74) is 0. The topological polar surface area (TPSA) is 36.9 Å². The zero-order valence-electron chi connectivity index (χ0n) is 12.5. The maximum absolute atomic E-state index is 6.12. The molecule has 4 heteroatoms. The van der Waals surface area contributed by atoms with Gasteiger partial charge in [0, 0.05) is 33.2 Å². The van der Waals surface area contributed by atoms with Crippen LogP contribution in [0.25, 0.3) is 0 Å². The highest BCUT2D eigenvalue weighted by Gasteiger charge is 2.48. The van der Waals surface area contributed by atoms with Gasteiger partial charge in [-0.2, -0.15) is 0 Å². The van der Waals surface area contributed by atoms with Gasteiger partial charge < -0.3 is 18.9 Å². The van der Waals surface area contributed by atoms with Gasteiger partial charge in [-0.05, 0) is 12.8 Å². The highest BCUT2D eigenvalue weighted by atomic mass is 16.7. The highest BCUT2D eigenvalue weighted by molar-refractivity contribution is 4.91. The zero-order chi connectivity index (χ0) is 13.7. The minimum Gasteiger partial charge on any atom is -0.384 e. The van der Waals surface area contributed by atoms with Crippen molar-refractivity contribution in [3.05, 3.63) is 0 Å². The Labute approximate surface area is 116 Å². The molecule has 1 heterocycles. The van der Waals surface area contributed by atoms with Gasteiger partial charge in [-0.1, -0.05) is 25.7 Å². The van der Waals surface area contributed by atoms with Crippen LogP contribution < -0.4 is 0 Å². The SMILES string of the molecule is COC[C@H]1[C@@H]2[C@@H](OC)O[C@H]1CCCCCC[C@@H]2OC. The molecule has 112 valence electrons. The normalized spacial score (nSPS) is 40.3. The number of hydrogen-bond donors (Lipinski definition) is 0. The molecule has 2 bridgehead atoms. The minimum absolute atomic E-state index is 0.145. The first-order chi connectivity index (χ1) is 9.31. The van der Waals surface area contributed by atoms with Crippen molar-refractivity contribution < 1.29 is 18.9 Å². The molecule has 0 aromatic heterocycles. The summed E-state index contributed by atoms with van der Waals surface area (Å²) in [4.78, 5) is 0. The molecule has 0 aromatic carbocycles. The van der Waals surface area contributed by atoms with Crippen LogP contribution in [0.15, 0.2) is 0 Å². The van der Waals surface area contributed by atoms with E-state index in [2.05, 4.69) is 0 Å². The Morgan fingerprint density at radius 2 is 1.68 bits per heavy atom. The summed E-state index contributed by atoms with van der Waals surface area (Å²) in [6.45, 7) is 0.731. The van der Waals surface area contributed by atoms with E-state index < -0.39 is 0 Å². The lowest BCUT2D eigenvalue weighted by molar-refractivity contribution is -0.150. The smallest absolute Gasteiger partial charge is 0.163 e. The van der Waals surface area contributed by atoms with Crippen molar-refractivity contribution in [2.75, 3.05) is 27.9 Å². The molecule has 0 radical (unpaired) electrons. The van der Waals surface area contributed by atoms with Crippen molar-refractivity contribution in [2.24, 2.45) is 11.8 Å². The third-order valence-corrected chi connectivity index (χ3v) is 4.65.